The topological polar surface area (TPSA) is 88.8 Å². The Morgan fingerprint density at radius 3 is 2.52 bits per heavy atom. The van der Waals surface area contributed by atoms with Crippen molar-refractivity contribution in [1.29, 1.82) is 0 Å². The average Bonchev–Trinajstić information content (AvgIpc) is 2.98. The Labute approximate surface area is 179 Å². The van der Waals surface area contributed by atoms with Crippen molar-refractivity contribution in [2.45, 2.75) is 26.3 Å². The lowest BCUT2D eigenvalue weighted by Crippen LogP contribution is -2.41. The van der Waals surface area contributed by atoms with Gasteiger partial charge in [-0.15, -0.1) is 34.2 Å². The van der Waals surface area contributed by atoms with E-state index in [1.54, 1.807) is 7.11 Å². The molecule has 0 amide bonds. The number of guanidine groups is 1. The highest BCUT2D eigenvalue weighted by Crippen LogP contribution is 2.00. The highest BCUT2D eigenvalue weighted by molar-refractivity contribution is 14.0. The van der Waals surface area contributed by atoms with E-state index < -0.39 is 0 Å². The molecule has 0 aliphatic carbocycles. The fourth-order valence-corrected chi connectivity index (χ4v) is 2.67. The maximum Gasteiger partial charge on any atom is 0.191 e. The Balaban J connectivity index is 0.00000364. The summed E-state index contributed by atoms with van der Waals surface area (Å²) in [6, 6.07) is 0. The lowest BCUT2D eigenvalue weighted by Gasteiger charge is -2.26. The first kappa shape index (κ1) is 24.1. The predicted molar refractivity (Wildman–Crippen MR) is 117 cm³/mol. The molecule has 1 aromatic rings. The van der Waals surface area contributed by atoms with Gasteiger partial charge in [0.05, 0.1) is 13.2 Å². The monoisotopic (exact) mass is 495 g/mol. The zero-order valence-electron chi connectivity index (χ0n) is 16.7. The quantitative estimate of drug-likeness (QED) is 0.212. The lowest BCUT2D eigenvalue weighted by molar-refractivity contribution is 0.0376. The number of hydrogen-bond donors (Lipinski definition) is 2. The van der Waals surface area contributed by atoms with E-state index >= 15 is 0 Å². The van der Waals surface area contributed by atoms with Crippen LogP contribution in [0.4, 0.5) is 0 Å². The van der Waals surface area contributed by atoms with Gasteiger partial charge in [0.2, 0.25) is 0 Å². The second-order valence-corrected chi connectivity index (χ2v) is 6.39. The van der Waals surface area contributed by atoms with E-state index in [1.165, 1.54) is 0 Å². The summed E-state index contributed by atoms with van der Waals surface area (Å²) in [7, 11) is 3.68. The second kappa shape index (κ2) is 14.1. The summed E-state index contributed by atoms with van der Waals surface area (Å²) in [6.45, 7) is 9.70. The predicted octanol–water partition coefficient (Wildman–Crippen LogP) is 0.536. The van der Waals surface area contributed by atoms with Gasteiger partial charge < -0.3 is 24.7 Å². The molecule has 2 rings (SSSR count). The Bertz CT molecular complexity index is 547. The smallest absolute Gasteiger partial charge is 0.191 e. The average molecular weight is 495 g/mol. The van der Waals surface area contributed by atoms with Gasteiger partial charge in [-0.25, -0.2) is 4.99 Å². The number of aryl methyl sites for hydroxylation is 1. The number of rotatable bonds is 10. The van der Waals surface area contributed by atoms with Gasteiger partial charge >= 0.3 is 0 Å². The summed E-state index contributed by atoms with van der Waals surface area (Å²) in [6.07, 6.45) is 2.01. The zero-order chi connectivity index (χ0) is 18.6. The maximum absolute atomic E-state index is 5.38. The van der Waals surface area contributed by atoms with Gasteiger partial charge in [-0.2, -0.15) is 0 Å². The molecule has 27 heavy (non-hydrogen) atoms. The third-order valence-electron chi connectivity index (χ3n) is 4.43. The Kier molecular flexibility index (Phi) is 12.5. The molecule has 10 heteroatoms. The molecule has 1 fully saturated rings. The summed E-state index contributed by atoms with van der Waals surface area (Å²) in [5, 5.41) is 15.0. The highest BCUT2D eigenvalue weighted by Gasteiger charge is 2.09. The van der Waals surface area contributed by atoms with Crippen molar-refractivity contribution in [3.63, 3.8) is 0 Å². The van der Waals surface area contributed by atoms with Gasteiger partial charge in [-0.3, -0.25) is 4.90 Å². The van der Waals surface area contributed by atoms with Crippen molar-refractivity contribution in [2.75, 3.05) is 59.7 Å². The molecular formula is C17H34IN7O2. The molecule has 0 atom stereocenters. The second-order valence-electron chi connectivity index (χ2n) is 6.39. The Hall–Kier alpha value is -0.980. The summed E-state index contributed by atoms with van der Waals surface area (Å²) in [5.41, 5.74) is 0. The van der Waals surface area contributed by atoms with Crippen LogP contribution in [0.15, 0.2) is 4.99 Å². The van der Waals surface area contributed by atoms with Crippen LogP contribution in [0.5, 0.6) is 0 Å². The number of aromatic nitrogens is 3. The van der Waals surface area contributed by atoms with Crippen LogP contribution >= 0.6 is 24.0 Å². The van der Waals surface area contributed by atoms with Gasteiger partial charge in [-0.05, 0) is 26.3 Å². The van der Waals surface area contributed by atoms with Gasteiger partial charge in [-0.1, -0.05) is 0 Å². The van der Waals surface area contributed by atoms with Gasteiger partial charge in [0.25, 0.3) is 0 Å². The fourth-order valence-electron chi connectivity index (χ4n) is 2.67. The summed E-state index contributed by atoms with van der Waals surface area (Å²) in [5.74, 6) is 2.56. The first-order valence-corrected chi connectivity index (χ1v) is 9.37. The number of methoxy groups -OCH3 is 1. The normalized spacial score (nSPS) is 15.4. The lowest BCUT2D eigenvalue weighted by atomic mass is 10.3. The molecule has 0 unspecified atom stereocenters. The molecule has 2 N–H and O–H groups in total. The van der Waals surface area contributed by atoms with Crippen LogP contribution in [0.1, 0.15) is 24.5 Å². The number of ether oxygens (including phenoxy) is 2. The van der Waals surface area contributed by atoms with E-state index in [1.807, 2.05) is 18.5 Å². The van der Waals surface area contributed by atoms with Crippen molar-refractivity contribution in [2.24, 2.45) is 12.0 Å². The van der Waals surface area contributed by atoms with Crippen LogP contribution in [-0.2, 0) is 23.1 Å². The molecule has 0 bridgehead atoms. The standard InChI is InChI=1S/C17H33N7O2.HI/c1-15-21-22-16(23(15)2)14-20-17(19-7-5-11-25-3)18-6-4-8-24-9-12-26-13-10-24;/h4-14H2,1-3H3,(H2,18,19,20);1H. The van der Waals surface area contributed by atoms with Crippen LogP contribution in [0.3, 0.4) is 0 Å². The van der Waals surface area contributed by atoms with Crippen LogP contribution < -0.4 is 10.6 Å². The van der Waals surface area contributed by atoms with E-state index in [2.05, 4.69) is 30.7 Å². The van der Waals surface area contributed by atoms with Crippen molar-refractivity contribution in [3.05, 3.63) is 11.6 Å². The molecule has 2 heterocycles. The van der Waals surface area contributed by atoms with Crippen molar-refractivity contribution < 1.29 is 9.47 Å². The first-order valence-electron chi connectivity index (χ1n) is 9.37. The summed E-state index contributed by atoms with van der Waals surface area (Å²) >= 11 is 0. The van der Waals surface area contributed by atoms with E-state index in [9.17, 15) is 0 Å². The molecular weight excluding hydrogens is 461 g/mol. The van der Waals surface area contributed by atoms with Crippen LogP contribution in [0, 0.1) is 6.92 Å². The Morgan fingerprint density at radius 1 is 1.19 bits per heavy atom. The van der Waals surface area contributed by atoms with Gasteiger partial charge in [0.15, 0.2) is 11.8 Å². The number of halogens is 1. The maximum atomic E-state index is 5.38. The molecule has 1 aromatic heterocycles. The van der Waals surface area contributed by atoms with Gasteiger partial charge in [0, 0.05) is 46.9 Å². The minimum absolute atomic E-state index is 0. The summed E-state index contributed by atoms with van der Waals surface area (Å²) < 4.78 is 12.4. The third-order valence-corrected chi connectivity index (χ3v) is 4.43. The minimum Gasteiger partial charge on any atom is -0.385 e. The van der Waals surface area contributed by atoms with Crippen molar-refractivity contribution in [3.8, 4) is 0 Å². The first-order chi connectivity index (χ1) is 12.7. The number of nitrogens with one attached hydrogen (secondary N) is 2. The number of aliphatic imine (C=N–C) groups is 1. The molecule has 1 saturated heterocycles. The molecule has 0 saturated carbocycles. The number of hydrogen-bond acceptors (Lipinski definition) is 6. The largest absolute Gasteiger partial charge is 0.385 e. The van der Waals surface area contributed by atoms with E-state index in [0.717, 1.165) is 83.0 Å². The fraction of sp³-hybridized carbons (Fsp3) is 0.824. The van der Waals surface area contributed by atoms with Gasteiger partial charge in [0.1, 0.15) is 12.4 Å². The molecule has 0 radical (unpaired) electrons. The number of morpholine rings is 1. The molecule has 1 aliphatic rings. The van der Waals surface area contributed by atoms with Crippen molar-refractivity contribution in [1.82, 2.24) is 30.3 Å². The van der Waals surface area contributed by atoms with Crippen LogP contribution in [-0.4, -0.2) is 85.3 Å². The molecule has 1 aliphatic heterocycles. The van der Waals surface area contributed by atoms with Crippen molar-refractivity contribution >= 4 is 29.9 Å². The van der Waals surface area contributed by atoms with E-state index in [-0.39, 0.29) is 24.0 Å². The van der Waals surface area contributed by atoms with Crippen LogP contribution in [0.25, 0.3) is 0 Å². The highest BCUT2D eigenvalue weighted by atomic mass is 127. The SMILES string of the molecule is COCCCNC(=NCc1nnc(C)n1C)NCCCN1CCOCC1.I. The minimum atomic E-state index is 0. The molecule has 0 spiro atoms. The molecule has 156 valence electrons. The zero-order valence-corrected chi connectivity index (χ0v) is 19.1. The summed E-state index contributed by atoms with van der Waals surface area (Å²) in [4.78, 5) is 7.09. The molecule has 9 nitrogen and oxygen atoms in total. The molecule has 0 aromatic carbocycles. The Morgan fingerprint density at radius 2 is 1.89 bits per heavy atom. The third kappa shape index (κ3) is 9.17. The van der Waals surface area contributed by atoms with Crippen LogP contribution in [0.2, 0.25) is 0 Å². The van der Waals surface area contributed by atoms with E-state index in [0.29, 0.717) is 6.54 Å². The number of nitrogens with zero attached hydrogens (tertiary/aromatic N) is 5. The van der Waals surface area contributed by atoms with E-state index in [4.69, 9.17) is 9.47 Å².